The minimum atomic E-state index is -1.37. The quantitative estimate of drug-likeness (QED) is 0.265. The fourth-order valence-electron chi connectivity index (χ4n) is 5.54. The van der Waals surface area contributed by atoms with Crippen LogP contribution < -0.4 is 4.74 Å². The first-order chi connectivity index (χ1) is 18.5. The van der Waals surface area contributed by atoms with Crippen LogP contribution in [-0.4, -0.2) is 31.0 Å². The van der Waals surface area contributed by atoms with Gasteiger partial charge in [0.05, 0.1) is 13.2 Å². The largest absolute Gasteiger partial charge is 0.496 e. The van der Waals surface area contributed by atoms with E-state index in [2.05, 4.69) is 30.3 Å². The lowest BCUT2D eigenvalue weighted by Gasteiger charge is -2.38. The van der Waals surface area contributed by atoms with Gasteiger partial charge in [-0.15, -0.1) is 0 Å². The minimum absolute atomic E-state index is 0.185. The van der Waals surface area contributed by atoms with Gasteiger partial charge in [0.1, 0.15) is 11.2 Å². The van der Waals surface area contributed by atoms with Crippen LogP contribution in [0.25, 0.3) is 16.3 Å². The Labute approximate surface area is 228 Å². The summed E-state index contributed by atoms with van der Waals surface area (Å²) in [6, 6.07) is 32.1. The maximum absolute atomic E-state index is 14.3. The van der Waals surface area contributed by atoms with Crippen molar-refractivity contribution in [3.63, 3.8) is 0 Å². The van der Waals surface area contributed by atoms with Crippen LogP contribution in [0.1, 0.15) is 36.0 Å². The van der Waals surface area contributed by atoms with E-state index in [9.17, 15) is 10.1 Å². The summed E-state index contributed by atoms with van der Waals surface area (Å²) >= 11 is 6.06. The molecule has 1 aliphatic heterocycles. The molecule has 0 N–H and O–H groups in total. The van der Waals surface area contributed by atoms with E-state index < -0.39 is 11.3 Å². The van der Waals surface area contributed by atoms with Crippen LogP contribution >= 0.6 is 11.6 Å². The zero-order valence-electron chi connectivity index (χ0n) is 21.5. The van der Waals surface area contributed by atoms with Gasteiger partial charge in [-0.25, -0.2) is 0 Å². The predicted octanol–water partition coefficient (Wildman–Crippen LogP) is 7.48. The number of hydrogen-bond donors (Lipinski definition) is 0. The van der Waals surface area contributed by atoms with Crippen LogP contribution in [-0.2, 0) is 4.79 Å². The van der Waals surface area contributed by atoms with Gasteiger partial charge in [0.25, 0.3) is 0 Å². The Morgan fingerprint density at radius 2 is 1.66 bits per heavy atom. The van der Waals surface area contributed by atoms with Crippen LogP contribution in [0.4, 0.5) is 0 Å². The molecule has 190 valence electrons. The Kier molecular flexibility index (Phi) is 7.22. The fraction of sp³-hybridized carbons (Fsp3) is 0.212. The molecule has 5 rings (SSSR count). The van der Waals surface area contributed by atoms with Crippen molar-refractivity contribution in [1.29, 1.82) is 5.26 Å². The van der Waals surface area contributed by atoms with E-state index in [-0.39, 0.29) is 5.91 Å². The van der Waals surface area contributed by atoms with E-state index in [0.29, 0.717) is 30.3 Å². The lowest BCUT2D eigenvalue weighted by atomic mass is 9.68. The Morgan fingerprint density at radius 1 is 0.974 bits per heavy atom. The molecular weight excluding hydrogens is 492 g/mol. The SMILES string of the molecule is COc1ccccc1C(c1cccc2ccccc12)[C@@](C)(C#N)C(=O)N1CC=C(c2ccc(Cl)cc2)CC1. The number of amides is 1. The fourth-order valence-corrected chi connectivity index (χ4v) is 5.67. The predicted molar refractivity (Wildman–Crippen MR) is 153 cm³/mol. The molecule has 1 amide bonds. The summed E-state index contributed by atoms with van der Waals surface area (Å²) in [6.07, 6.45) is 2.79. The maximum atomic E-state index is 14.3. The third-order valence-corrected chi connectivity index (χ3v) is 7.80. The van der Waals surface area contributed by atoms with E-state index in [1.807, 2.05) is 72.8 Å². The standard InChI is InChI=1S/C33H29ClN2O2/c1-33(22-35,32(37)36-20-18-24(19-21-36)23-14-16-26(34)17-15-23)31(29-11-5-6-13-30(29)38-2)28-12-7-9-25-8-3-4-10-27(25)28/h3-18,31H,19-21H2,1-2H3/t31?,33-/m1/s1. The monoisotopic (exact) mass is 520 g/mol. The summed E-state index contributed by atoms with van der Waals surface area (Å²) in [5.41, 5.74) is 2.66. The number of fused-ring (bicyclic) bond motifs is 1. The molecule has 1 heterocycles. The van der Waals surface area contributed by atoms with Crippen LogP contribution in [0.2, 0.25) is 5.02 Å². The van der Waals surface area contributed by atoms with E-state index in [1.54, 1.807) is 18.9 Å². The first-order valence-corrected chi connectivity index (χ1v) is 13.1. The lowest BCUT2D eigenvalue weighted by molar-refractivity contribution is -0.138. The van der Waals surface area contributed by atoms with E-state index in [0.717, 1.165) is 27.5 Å². The summed E-state index contributed by atoms with van der Waals surface area (Å²) in [4.78, 5) is 16.1. The van der Waals surface area contributed by atoms with Crippen molar-refractivity contribution in [3.05, 3.63) is 119 Å². The topological polar surface area (TPSA) is 53.3 Å². The molecule has 1 unspecified atom stereocenters. The highest BCUT2D eigenvalue weighted by Gasteiger charge is 2.47. The third-order valence-electron chi connectivity index (χ3n) is 7.55. The molecular formula is C33H29ClN2O2. The Hall–Kier alpha value is -4.07. The first kappa shape index (κ1) is 25.6. The van der Waals surface area contributed by atoms with Gasteiger partial charge in [0.2, 0.25) is 5.91 Å². The second-order valence-corrected chi connectivity index (χ2v) is 10.2. The highest BCUT2D eigenvalue weighted by Crippen LogP contribution is 2.47. The molecule has 4 aromatic rings. The van der Waals surface area contributed by atoms with E-state index in [4.69, 9.17) is 16.3 Å². The molecule has 2 atom stereocenters. The highest BCUT2D eigenvalue weighted by molar-refractivity contribution is 6.30. The molecule has 1 aliphatic rings. The molecule has 0 aliphatic carbocycles. The van der Waals surface area contributed by atoms with Crippen LogP contribution in [0, 0.1) is 16.7 Å². The summed E-state index contributed by atoms with van der Waals surface area (Å²) in [7, 11) is 1.62. The maximum Gasteiger partial charge on any atom is 0.244 e. The van der Waals surface area contributed by atoms with Gasteiger partial charge in [-0.3, -0.25) is 4.79 Å². The Bertz CT molecular complexity index is 1550. The molecule has 0 saturated heterocycles. The van der Waals surface area contributed by atoms with Crippen LogP contribution in [0.5, 0.6) is 5.75 Å². The molecule has 4 nitrogen and oxygen atoms in total. The first-order valence-electron chi connectivity index (χ1n) is 12.7. The number of nitrogens with zero attached hydrogens (tertiary/aromatic N) is 2. The van der Waals surface area contributed by atoms with Crippen molar-refractivity contribution >= 4 is 33.9 Å². The van der Waals surface area contributed by atoms with Crippen molar-refractivity contribution in [2.45, 2.75) is 19.3 Å². The van der Waals surface area contributed by atoms with Gasteiger partial charge in [-0.05, 0) is 59.0 Å². The molecule has 0 aromatic heterocycles. The number of para-hydroxylation sites is 1. The van der Waals surface area contributed by atoms with Crippen molar-refractivity contribution in [3.8, 4) is 11.8 Å². The number of rotatable bonds is 6. The zero-order chi connectivity index (χ0) is 26.7. The number of carbonyl (C=O) groups excluding carboxylic acids is 1. The Balaban J connectivity index is 1.58. The molecule has 38 heavy (non-hydrogen) atoms. The summed E-state index contributed by atoms with van der Waals surface area (Å²) < 4.78 is 5.74. The van der Waals surface area contributed by atoms with Crippen LogP contribution in [0.3, 0.4) is 0 Å². The molecule has 5 heteroatoms. The second-order valence-electron chi connectivity index (χ2n) is 9.79. The summed E-state index contributed by atoms with van der Waals surface area (Å²) in [6.45, 7) is 2.76. The normalized spacial score (nSPS) is 15.7. The highest BCUT2D eigenvalue weighted by atomic mass is 35.5. The summed E-state index contributed by atoms with van der Waals surface area (Å²) in [5.74, 6) is -0.0672. The van der Waals surface area contributed by atoms with Gasteiger partial charge in [0.15, 0.2) is 0 Å². The number of halogens is 1. The molecule has 4 aromatic carbocycles. The number of ether oxygens (including phenoxy) is 1. The summed E-state index contributed by atoms with van der Waals surface area (Å²) in [5, 5.41) is 13.5. The number of benzene rings is 4. The molecule has 0 bridgehead atoms. The third kappa shape index (κ3) is 4.66. The lowest BCUT2D eigenvalue weighted by Crippen LogP contribution is -2.46. The van der Waals surface area contributed by atoms with Gasteiger partial charge >= 0.3 is 0 Å². The van der Waals surface area contributed by atoms with Gasteiger partial charge in [-0.1, -0.05) is 90.5 Å². The molecule has 0 spiro atoms. The van der Waals surface area contributed by atoms with E-state index in [1.165, 1.54) is 5.57 Å². The number of nitriles is 1. The molecule has 0 radical (unpaired) electrons. The number of carbonyl (C=O) groups is 1. The van der Waals surface area contributed by atoms with E-state index >= 15 is 0 Å². The average molecular weight is 521 g/mol. The second kappa shape index (κ2) is 10.7. The van der Waals surface area contributed by atoms with Gasteiger partial charge < -0.3 is 9.64 Å². The van der Waals surface area contributed by atoms with Gasteiger partial charge in [0, 0.05) is 29.6 Å². The average Bonchev–Trinajstić information content (AvgIpc) is 2.97. The Morgan fingerprint density at radius 3 is 2.37 bits per heavy atom. The molecule has 0 fully saturated rings. The van der Waals surface area contributed by atoms with Gasteiger partial charge in [-0.2, -0.15) is 5.26 Å². The number of hydrogen-bond acceptors (Lipinski definition) is 3. The van der Waals surface area contributed by atoms with Crippen LogP contribution in [0.15, 0.2) is 97.1 Å². The van der Waals surface area contributed by atoms with Crippen molar-refractivity contribution in [2.24, 2.45) is 5.41 Å². The molecule has 0 saturated carbocycles. The smallest absolute Gasteiger partial charge is 0.244 e. The van der Waals surface area contributed by atoms with Crippen molar-refractivity contribution < 1.29 is 9.53 Å². The van der Waals surface area contributed by atoms with Crippen molar-refractivity contribution in [1.82, 2.24) is 4.90 Å². The number of methoxy groups -OCH3 is 1. The minimum Gasteiger partial charge on any atom is -0.496 e. The van der Waals surface area contributed by atoms with Crippen molar-refractivity contribution in [2.75, 3.05) is 20.2 Å². The zero-order valence-corrected chi connectivity index (χ0v) is 22.3.